The number of hydrogen-bond donors (Lipinski definition) is 0. The van der Waals surface area contributed by atoms with Gasteiger partial charge in [-0.2, -0.15) is 4.31 Å². The van der Waals surface area contributed by atoms with Crippen molar-refractivity contribution in [3.63, 3.8) is 0 Å². The maximum absolute atomic E-state index is 11.9. The average molecular weight is 307 g/mol. The molecule has 0 aliphatic carbocycles. The van der Waals surface area contributed by atoms with Crippen LogP contribution in [0.15, 0.2) is 0 Å². The fraction of sp³-hybridized carbons (Fsp3) is 1.00. The van der Waals surface area contributed by atoms with E-state index in [0.29, 0.717) is 12.0 Å². The van der Waals surface area contributed by atoms with Gasteiger partial charge < -0.3 is 4.90 Å². The second-order valence-corrected chi connectivity index (χ2v) is 8.61. The summed E-state index contributed by atoms with van der Waals surface area (Å²) < 4.78 is 25.3. The Kier molecular flexibility index (Phi) is 7.71. The second-order valence-electron chi connectivity index (χ2n) is 6.59. The zero-order valence-electron chi connectivity index (χ0n) is 14.6. The summed E-state index contributed by atoms with van der Waals surface area (Å²) in [5.74, 6) is 0.511. The number of nitrogens with zero attached hydrogens (tertiary/aromatic N) is 2. The van der Waals surface area contributed by atoms with E-state index in [4.69, 9.17) is 0 Å². The Hall–Kier alpha value is -0.130. The third-order valence-electron chi connectivity index (χ3n) is 4.75. The molecule has 0 radical (unpaired) electrons. The van der Waals surface area contributed by atoms with Crippen LogP contribution in [0, 0.1) is 5.92 Å². The van der Waals surface area contributed by atoms with Gasteiger partial charge in [0, 0.05) is 25.2 Å². The number of hydrogen-bond acceptors (Lipinski definition) is 3. The standard InChI is InChI=1S/C15H34N2O2S/c1-9-14(12-16(6)13(3)4)11-15(5,10-2)17(7)20(8,18)19/h13-14H,9-12H2,1-8H3. The molecule has 0 saturated carbocycles. The monoisotopic (exact) mass is 306 g/mol. The number of sulfonamides is 1. The van der Waals surface area contributed by atoms with Crippen molar-refractivity contribution in [2.24, 2.45) is 5.92 Å². The van der Waals surface area contributed by atoms with Crippen LogP contribution in [0.2, 0.25) is 0 Å². The van der Waals surface area contributed by atoms with Gasteiger partial charge in [-0.3, -0.25) is 0 Å². The smallest absolute Gasteiger partial charge is 0.211 e. The van der Waals surface area contributed by atoms with Crippen LogP contribution in [-0.4, -0.2) is 56.1 Å². The lowest BCUT2D eigenvalue weighted by Crippen LogP contribution is -2.48. The Morgan fingerprint density at radius 2 is 1.65 bits per heavy atom. The van der Waals surface area contributed by atoms with Gasteiger partial charge in [0.05, 0.1) is 6.26 Å². The van der Waals surface area contributed by atoms with Crippen LogP contribution >= 0.6 is 0 Å². The summed E-state index contributed by atoms with van der Waals surface area (Å²) in [6, 6.07) is 0.518. The zero-order valence-corrected chi connectivity index (χ0v) is 15.4. The average Bonchev–Trinajstić information content (AvgIpc) is 2.35. The lowest BCUT2D eigenvalue weighted by Gasteiger charge is -2.40. The lowest BCUT2D eigenvalue weighted by atomic mass is 9.85. The van der Waals surface area contributed by atoms with Gasteiger partial charge in [-0.15, -0.1) is 0 Å². The van der Waals surface area contributed by atoms with Gasteiger partial charge in [0.25, 0.3) is 0 Å². The molecule has 0 aliphatic rings. The van der Waals surface area contributed by atoms with E-state index in [2.05, 4.69) is 46.6 Å². The molecule has 0 aromatic carbocycles. The van der Waals surface area contributed by atoms with E-state index in [1.807, 2.05) is 0 Å². The molecule has 0 fully saturated rings. The summed E-state index contributed by atoms with van der Waals surface area (Å²) >= 11 is 0. The van der Waals surface area contributed by atoms with E-state index in [9.17, 15) is 8.42 Å². The molecule has 0 heterocycles. The van der Waals surface area contributed by atoms with E-state index in [1.54, 1.807) is 11.4 Å². The molecule has 4 nitrogen and oxygen atoms in total. The van der Waals surface area contributed by atoms with Crippen molar-refractivity contribution in [1.29, 1.82) is 0 Å². The molecule has 5 heteroatoms. The summed E-state index contributed by atoms with van der Waals surface area (Å²) in [6.07, 6.45) is 4.10. The first kappa shape index (κ1) is 19.9. The minimum Gasteiger partial charge on any atom is -0.304 e. The summed E-state index contributed by atoms with van der Waals surface area (Å²) in [5, 5.41) is 0. The van der Waals surface area contributed by atoms with Crippen LogP contribution in [-0.2, 0) is 10.0 Å². The summed E-state index contributed by atoms with van der Waals surface area (Å²) in [5.41, 5.74) is -0.300. The van der Waals surface area contributed by atoms with Gasteiger partial charge in [-0.1, -0.05) is 20.3 Å². The Labute approximate surface area is 126 Å². The molecule has 0 amide bonds. The molecule has 122 valence electrons. The first-order valence-corrected chi connectivity index (χ1v) is 9.47. The molecular formula is C15H34N2O2S. The van der Waals surface area contributed by atoms with Crippen LogP contribution in [0.1, 0.15) is 53.9 Å². The fourth-order valence-corrected chi connectivity index (χ4v) is 3.48. The highest BCUT2D eigenvalue weighted by Crippen LogP contribution is 2.30. The van der Waals surface area contributed by atoms with E-state index < -0.39 is 10.0 Å². The highest BCUT2D eigenvalue weighted by molar-refractivity contribution is 7.88. The van der Waals surface area contributed by atoms with Gasteiger partial charge in [0.2, 0.25) is 10.0 Å². The van der Waals surface area contributed by atoms with Crippen LogP contribution < -0.4 is 0 Å². The van der Waals surface area contributed by atoms with Crippen molar-refractivity contribution < 1.29 is 8.42 Å². The molecule has 0 aromatic rings. The first-order chi connectivity index (χ1) is 8.97. The quantitative estimate of drug-likeness (QED) is 0.658. The Bertz CT molecular complexity index is 381. The zero-order chi connectivity index (χ0) is 16.1. The Morgan fingerprint density at radius 1 is 1.15 bits per heavy atom. The predicted molar refractivity (Wildman–Crippen MR) is 87.5 cm³/mol. The molecule has 2 unspecified atom stereocenters. The van der Waals surface area contributed by atoms with Crippen molar-refractivity contribution in [3.05, 3.63) is 0 Å². The second kappa shape index (κ2) is 7.76. The molecule has 0 saturated heterocycles. The minimum atomic E-state index is -3.15. The van der Waals surface area contributed by atoms with Crippen LogP contribution in [0.5, 0.6) is 0 Å². The third-order valence-corrected chi connectivity index (χ3v) is 6.19. The van der Waals surface area contributed by atoms with Crippen molar-refractivity contribution in [2.45, 2.75) is 65.5 Å². The highest BCUT2D eigenvalue weighted by Gasteiger charge is 2.35. The normalized spacial score (nSPS) is 17.8. The Balaban J connectivity index is 4.99. The van der Waals surface area contributed by atoms with Gasteiger partial charge in [-0.25, -0.2) is 8.42 Å². The van der Waals surface area contributed by atoms with Gasteiger partial charge in [0.1, 0.15) is 0 Å². The lowest BCUT2D eigenvalue weighted by molar-refractivity contribution is 0.146. The van der Waals surface area contributed by atoms with Gasteiger partial charge >= 0.3 is 0 Å². The summed E-state index contributed by atoms with van der Waals surface area (Å²) in [6.45, 7) is 11.7. The van der Waals surface area contributed by atoms with Crippen molar-refractivity contribution in [1.82, 2.24) is 9.21 Å². The molecule has 0 rings (SSSR count). The van der Waals surface area contributed by atoms with Gasteiger partial charge in [0.15, 0.2) is 0 Å². The summed E-state index contributed by atoms with van der Waals surface area (Å²) in [4.78, 5) is 2.34. The third kappa shape index (κ3) is 5.70. The van der Waals surface area contributed by atoms with Crippen LogP contribution in [0.25, 0.3) is 0 Å². The molecule has 0 aromatic heterocycles. The molecule has 0 aliphatic heterocycles. The molecule has 0 N–H and O–H groups in total. The van der Waals surface area contributed by atoms with Crippen molar-refractivity contribution in [3.8, 4) is 0 Å². The maximum Gasteiger partial charge on any atom is 0.211 e. The van der Waals surface area contributed by atoms with E-state index in [1.165, 1.54) is 6.26 Å². The topological polar surface area (TPSA) is 40.6 Å². The maximum atomic E-state index is 11.9. The SMILES string of the molecule is CCC(CN(C)C(C)C)CC(C)(CC)N(C)S(C)(=O)=O. The molecule has 0 spiro atoms. The molecular weight excluding hydrogens is 272 g/mol. The molecule has 2 atom stereocenters. The van der Waals surface area contributed by atoms with Crippen molar-refractivity contribution in [2.75, 3.05) is 26.9 Å². The van der Waals surface area contributed by atoms with Crippen LogP contribution in [0.4, 0.5) is 0 Å². The van der Waals surface area contributed by atoms with E-state index in [-0.39, 0.29) is 5.54 Å². The van der Waals surface area contributed by atoms with E-state index >= 15 is 0 Å². The van der Waals surface area contributed by atoms with E-state index in [0.717, 1.165) is 25.8 Å². The predicted octanol–water partition coefficient (Wildman–Crippen LogP) is 2.80. The minimum absolute atomic E-state index is 0.300. The molecule has 20 heavy (non-hydrogen) atoms. The fourth-order valence-electron chi connectivity index (χ4n) is 2.47. The Morgan fingerprint density at radius 3 is 1.95 bits per heavy atom. The highest BCUT2D eigenvalue weighted by atomic mass is 32.2. The van der Waals surface area contributed by atoms with Gasteiger partial charge in [-0.05, 0) is 46.6 Å². The van der Waals surface area contributed by atoms with Crippen molar-refractivity contribution >= 4 is 10.0 Å². The first-order valence-electron chi connectivity index (χ1n) is 7.62. The molecule has 0 bridgehead atoms. The summed E-state index contributed by atoms with van der Waals surface area (Å²) in [7, 11) is 0.690. The van der Waals surface area contributed by atoms with Crippen LogP contribution in [0.3, 0.4) is 0 Å². The largest absolute Gasteiger partial charge is 0.304 e. The number of rotatable bonds is 9.